The molecule has 2 heterocycles. The Hall–Kier alpha value is -1.00. The van der Waals surface area contributed by atoms with Crippen molar-refractivity contribution in [3.8, 4) is 0 Å². The fourth-order valence-electron chi connectivity index (χ4n) is 2.33. The van der Waals surface area contributed by atoms with E-state index in [4.69, 9.17) is 0 Å². The summed E-state index contributed by atoms with van der Waals surface area (Å²) in [6.07, 6.45) is 7.93. The van der Waals surface area contributed by atoms with Gasteiger partial charge in [0, 0.05) is 25.1 Å². The maximum atomic E-state index is 4.25. The topological polar surface area (TPSA) is 41.0 Å². The molecule has 1 aliphatic rings. The number of hydrogen-bond donors (Lipinski definition) is 1. The second-order valence-electron chi connectivity index (χ2n) is 4.71. The quantitative estimate of drug-likeness (QED) is 0.833. The highest BCUT2D eigenvalue weighted by molar-refractivity contribution is 4.93. The van der Waals surface area contributed by atoms with E-state index in [0.29, 0.717) is 0 Å². The molecule has 0 unspecified atom stereocenters. The van der Waals surface area contributed by atoms with E-state index in [1.165, 1.54) is 32.5 Å². The summed E-state index contributed by atoms with van der Waals surface area (Å²) in [5, 5.41) is 3.48. The van der Waals surface area contributed by atoms with E-state index in [0.717, 1.165) is 24.7 Å². The van der Waals surface area contributed by atoms with Crippen molar-refractivity contribution >= 4 is 0 Å². The van der Waals surface area contributed by atoms with Crippen LogP contribution in [0.4, 0.5) is 0 Å². The van der Waals surface area contributed by atoms with Crippen LogP contribution in [0.2, 0.25) is 0 Å². The molecule has 2 rings (SSSR count). The number of nitrogens with zero attached hydrogens (tertiary/aromatic N) is 3. The Morgan fingerprint density at radius 2 is 2.18 bits per heavy atom. The Labute approximate surface area is 103 Å². The van der Waals surface area contributed by atoms with Crippen LogP contribution in [0, 0.1) is 5.92 Å². The summed E-state index contributed by atoms with van der Waals surface area (Å²) >= 11 is 0. The SMILES string of the molecule is CCN1CCC(CNCc2cnccn2)CC1. The maximum Gasteiger partial charge on any atom is 0.0724 e. The van der Waals surface area contributed by atoms with Crippen molar-refractivity contribution in [3.05, 3.63) is 24.3 Å². The minimum absolute atomic E-state index is 0.828. The van der Waals surface area contributed by atoms with Crippen LogP contribution in [0.3, 0.4) is 0 Å². The molecule has 1 aliphatic heterocycles. The van der Waals surface area contributed by atoms with E-state index >= 15 is 0 Å². The van der Waals surface area contributed by atoms with Gasteiger partial charge < -0.3 is 10.2 Å². The number of hydrogen-bond acceptors (Lipinski definition) is 4. The molecule has 0 spiro atoms. The highest BCUT2D eigenvalue weighted by Gasteiger charge is 2.17. The average molecular weight is 234 g/mol. The third kappa shape index (κ3) is 4.06. The van der Waals surface area contributed by atoms with Crippen molar-refractivity contribution in [2.45, 2.75) is 26.3 Å². The van der Waals surface area contributed by atoms with E-state index in [-0.39, 0.29) is 0 Å². The summed E-state index contributed by atoms with van der Waals surface area (Å²) in [6.45, 7) is 7.89. The first-order chi connectivity index (χ1) is 8.38. The summed E-state index contributed by atoms with van der Waals surface area (Å²) in [5.74, 6) is 0.828. The molecule has 0 amide bonds. The number of aromatic nitrogens is 2. The van der Waals surface area contributed by atoms with Crippen molar-refractivity contribution in [2.24, 2.45) is 5.92 Å². The molecule has 94 valence electrons. The van der Waals surface area contributed by atoms with E-state index in [9.17, 15) is 0 Å². The zero-order valence-corrected chi connectivity index (χ0v) is 10.6. The Bertz CT molecular complexity index is 306. The predicted octanol–water partition coefficient (Wildman–Crippen LogP) is 1.30. The molecule has 1 aromatic heterocycles. The summed E-state index contributed by atoms with van der Waals surface area (Å²) < 4.78 is 0. The number of rotatable bonds is 5. The molecule has 4 heteroatoms. The Kier molecular flexibility index (Phi) is 4.88. The van der Waals surface area contributed by atoms with E-state index in [2.05, 4.69) is 27.1 Å². The molecule has 0 bridgehead atoms. The molecule has 1 fully saturated rings. The minimum Gasteiger partial charge on any atom is -0.311 e. The van der Waals surface area contributed by atoms with Gasteiger partial charge in [-0.3, -0.25) is 9.97 Å². The van der Waals surface area contributed by atoms with Gasteiger partial charge in [-0.15, -0.1) is 0 Å². The van der Waals surface area contributed by atoms with Gasteiger partial charge in [-0.2, -0.15) is 0 Å². The lowest BCUT2D eigenvalue weighted by atomic mass is 9.97. The van der Waals surface area contributed by atoms with Crippen LogP contribution >= 0.6 is 0 Å². The van der Waals surface area contributed by atoms with E-state index < -0.39 is 0 Å². The highest BCUT2D eigenvalue weighted by atomic mass is 15.1. The Balaban J connectivity index is 1.63. The zero-order chi connectivity index (χ0) is 11.9. The van der Waals surface area contributed by atoms with Crippen molar-refractivity contribution in [1.29, 1.82) is 0 Å². The van der Waals surface area contributed by atoms with Crippen molar-refractivity contribution in [3.63, 3.8) is 0 Å². The van der Waals surface area contributed by atoms with Crippen LogP contribution in [-0.2, 0) is 6.54 Å². The summed E-state index contributed by atoms with van der Waals surface area (Å²) in [6, 6.07) is 0. The van der Waals surface area contributed by atoms with Gasteiger partial charge in [0.2, 0.25) is 0 Å². The molecule has 0 aromatic carbocycles. The van der Waals surface area contributed by atoms with E-state index in [1.54, 1.807) is 12.4 Å². The second kappa shape index (κ2) is 6.67. The van der Waals surface area contributed by atoms with Gasteiger partial charge in [0.25, 0.3) is 0 Å². The average Bonchev–Trinajstić information content (AvgIpc) is 2.41. The third-order valence-corrected chi connectivity index (χ3v) is 3.51. The number of piperidine rings is 1. The predicted molar refractivity (Wildman–Crippen MR) is 68.6 cm³/mol. The van der Waals surface area contributed by atoms with Gasteiger partial charge in [-0.25, -0.2) is 0 Å². The smallest absolute Gasteiger partial charge is 0.0724 e. The Morgan fingerprint density at radius 1 is 1.35 bits per heavy atom. The molecule has 0 radical (unpaired) electrons. The zero-order valence-electron chi connectivity index (χ0n) is 10.6. The lowest BCUT2D eigenvalue weighted by Crippen LogP contribution is -2.37. The fourth-order valence-corrected chi connectivity index (χ4v) is 2.33. The molecule has 1 saturated heterocycles. The Morgan fingerprint density at radius 3 is 2.82 bits per heavy atom. The highest BCUT2D eigenvalue weighted by Crippen LogP contribution is 2.15. The molecular formula is C13H22N4. The normalized spacial score (nSPS) is 18.4. The molecule has 1 N–H and O–H groups in total. The van der Waals surface area contributed by atoms with Crippen LogP contribution in [0.15, 0.2) is 18.6 Å². The van der Waals surface area contributed by atoms with Gasteiger partial charge in [0.15, 0.2) is 0 Å². The van der Waals surface area contributed by atoms with Crippen molar-refractivity contribution in [2.75, 3.05) is 26.2 Å². The number of likely N-dealkylation sites (tertiary alicyclic amines) is 1. The van der Waals surface area contributed by atoms with Crippen LogP contribution in [0.5, 0.6) is 0 Å². The van der Waals surface area contributed by atoms with Gasteiger partial charge >= 0.3 is 0 Å². The largest absolute Gasteiger partial charge is 0.311 e. The summed E-state index contributed by atoms with van der Waals surface area (Å²) in [5.41, 5.74) is 1.03. The molecule has 0 atom stereocenters. The van der Waals surface area contributed by atoms with Crippen LogP contribution in [0.1, 0.15) is 25.5 Å². The number of nitrogens with one attached hydrogen (secondary N) is 1. The monoisotopic (exact) mass is 234 g/mol. The van der Waals surface area contributed by atoms with Gasteiger partial charge in [-0.05, 0) is 44.9 Å². The fraction of sp³-hybridized carbons (Fsp3) is 0.692. The molecule has 17 heavy (non-hydrogen) atoms. The molecule has 0 aliphatic carbocycles. The van der Waals surface area contributed by atoms with Crippen molar-refractivity contribution in [1.82, 2.24) is 20.2 Å². The first-order valence-electron chi connectivity index (χ1n) is 6.56. The maximum absolute atomic E-state index is 4.25. The molecule has 0 saturated carbocycles. The van der Waals surface area contributed by atoms with Gasteiger partial charge in [-0.1, -0.05) is 6.92 Å². The van der Waals surface area contributed by atoms with Crippen molar-refractivity contribution < 1.29 is 0 Å². The second-order valence-corrected chi connectivity index (χ2v) is 4.71. The molecule has 4 nitrogen and oxygen atoms in total. The first-order valence-corrected chi connectivity index (χ1v) is 6.56. The van der Waals surface area contributed by atoms with Gasteiger partial charge in [0.1, 0.15) is 0 Å². The third-order valence-electron chi connectivity index (χ3n) is 3.51. The standard InChI is InChI=1S/C13H22N4/c1-2-17-7-3-12(4-8-17)9-15-11-13-10-14-5-6-16-13/h5-6,10,12,15H,2-4,7-9,11H2,1H3. The lowest BCUT2D eigenvalue weighted by molar-refractivity contribution is 0.190. The van der Waals surface area contributed by atoms with Crippen LogP contribution in [-0.4, -0.2) is 41.0 Å². The lowest BCUT2D eigenvalue weighted by Gasteiger charge is -2.31. The molecular weight excluding hydrogens is 212 g/mol. The first kappa shape index (κ1) is 12.5. The summed E-state index contributed by atoms with van der Waals surface area (Å²) in [7, 11) is 0. The van der Waals surface area contributed by atoms with Gasteiger partial charge in [0.05, 0.1) is 5.69 Å². The van der Waals surface area contributed by atoms with E-state index in [1.807, 2.05) is 6.20 Å². The van der Waals surface area contributed by atoms with Crippen LogP contribution in [0.25, 0.3) is 0 Å². The minimum atomic E-state index is 0.828. The summed E-state index contributed by atoms with van der Waals surface area (Å²) in [4.78, 5) is 10.8. The molecule has 1 aromatic rings. The van der Waals surface area contributed by atoms with Crippen LogP contribution < -0.4 is 5.32 Å².